The van der Waals surface area contributed by atoms with E-state index in [1.807, 2.05) is 48.5 Å². The van der Waals surface area contributed by atoms with Gasteiger partial charge in [0.25, 0.3) is 5.91 Å². The van der Waals surface area contributed by atoms with Crippen LogP contribution < -0.4 is 5.32 Å². The van der Waals surface area contributed by atoms with Crippen molar-refractivity contribution >= 4 is 5.91 Å². The zero-order valence-corrected chi connectivity index (χ0v) is 13.2. The van der Waals surface area contributed by atoms with Gasteiger partial charge in [-0.3, -0.25) is 4.79 Å². The lowest BCUT2D eigenvalue weighted by molar-refractivity contribution is 0.0944. The Morgan fingerprint density at radius 1 is 1.04 bits per heavy atom. The van der Waals surface area contributed by atoms with Crippen molar-refractivity contribution in [2.75, 3.05) is 6.54 Å². The summed E-state index contributed by atoms with van der Waals surface area (Å²) in [5.41, 5.74) is 2.60. The Kier molecular flexibility index (Phi) is 3.61. The summed E-state index contributed by atoms with van der Waals surface area (Å²) in [4.78, 5) is 12.4. The van der Waals surface area contributed by atoms with Crippen molar-refractivity contribution in [2.24, 2.45) is 0 Å². The highest BCUT2D eigenvalue weighted by Crippen LogP contribution is 2.47. The van der Waals surface area contributed by atoms with Crippen LogP contribution in [0.3, 0.4) is 0 Å². The van der Waals surface area contributed by atoms with Crippen molar-refractivity contribution in [3.63, 3.8) is 0 Å². The summed E-state index contributed by atoms with van der Waals surface area (Å²) in [6.45, 7) is 0.633. The number of carbonyl (C=O) groups is 1. The first kappa shape index (κ1) is 14.6. The SMILES string of the molecule is O=C(NCC1(c2ccccc2)CC1)c1cn(-c2ccccc2)nn1. The second-order valence-corrected chi connectivity index (χ2v) is 6.21. The molecule has 0 unspecified atom stereocenters. The third-order valence-corrected chi connectivity index (χ3v) is 4.57. The van der Waals surface area contributed by atoms with Crippen LogP contribution in [0, 0.1) is 0 Å². The Balaban J connectivity index is 1.43. The van der Waals surface area contributed by atoms with Crippen LogP contribution in [0.4, 0.5) is 0 Å². The minimum absolute atomic E-state index is 0.0896. The van der Waals surface area contributed by atoms with E-state index in [1.54, 1.807) is 10.9 Å². The maximum absolute atomic E-state index is 12.4. The van der Waals surface area contributed by atoms with Crippen LogP contribution in [0.1, 0.15) is 28.9 Å². The summed E-state index contributed by atoms with van der Waals surface area (Å²) in [5, 5.41) is 11.0. The molecule has 1 heterocycles. The van der Waals surface area contributed by atoms with Gasteiger partial charge in [0.05, 0.1) is 11.9 Å². The van der Waals surface area contributed by atoms with Gasteiger partial charge in [0, 0.05) is 12.0 Å². The normalized spacial score (nSPS) is 15.0. The molecule has 1 amide bonds. The molecule has 2 aromatic carbocycles. The van der Waals surface area contributed by atoms with E-state index in [0.29, 0.717) is 12.2 Å². The molecule has 5 nitrogen and oxygen atoms in total. The van der Waals surface area contributed by atoms with E-state index >= 15 is 0 Å². The Bertz CT molecular complexity index is 838. The number of hydrogen-bond donors (Lipinski definition) is 1. The number of carbonyl (C=O) groups excluding carboxylic acids is 1. The van der Waals surface area contributed by atoms with Gasteiger partial charge in [-0.25, -0.2) is 4.68 Å². The molecular weight excluding hydrogens is 300 g/mol. The first-order valence-corrected chi connectivity index (χ1v) is 8.08. The summed E-state index contributed by atoms with van der Waals surface area (Å²) in [5.74, 6) is -0.181. The van der Waals surface area contributed by atoms with Gasteiger partial charge < -0.3 is 5.32 Å². The fourth-order valence-electron chi connectivity index (χ4n) is 2.92. The predicted octanol–water partition coefficient (Wildman–Crippen LogP) is 2.73. The highest BCUT2D eigenvalue weighted by Gasteiger charge is 2.44. The lowest BCUT2D eigenvalue weighted by atomic mass is 9.96. The monoisotopic (exact) mass is 318 g/mol. The van der Waals surface area contributed by atoms with E-state index < -0.39 is 0 Å². The number of nitrogens with one attached hydrogen (secondary N) is 1. The molecule has 1 aliphatic carbocycles. The molecule has 0 saturated heterocycles. The second-order valence-electron chi connectivity index (χ2n) is 6.21. The molecule has 24 heavy (non-hydrogen) atoms. The fraction of sp³-hybridized carbons (Fsp3) is 0.211. The molecule has 5 heteroatoms. The van der Waals surface area contributed by atoms with Gasteiger partial charge in [0.1, 0.15) is 0 Å². The van der Waals surface area contributed by atoms with Crippen molar-refractivity contribution in [2.45, 2.75) is 18.3 Å². The van der Waals surface area contributed by atoms with Gasteiger partial charge in [0.15, 0.2) is 5.69 Å². The largest absolute Gasteiger partial charge is 0.350 e. The highest BCUT2D eigenvalue weighted by molar-refractivity contribution is 5.92. The lowest BCUT2D eigenvalue weighted by Gasteiger charge is -2.15. The van der Waals surface area contributed by atoms with Crippen molar-refractivity contribution in [3.05, 3.63) is 78.1 Å². The minimum atomic E-state index is -0.181. The molecule has 1 aliphatic rings. The Morgan fingerprint density at radius 3 is 2.38 bits per heavy atom. The predicted molar refractivity (Wildman–Crippen MR) is 91.0 cm³/mol. The summed E-state index contributed by atoms with van der Waals surface area (Å²) in [7, 11) is 0. The first-order chi connectivity index (χ1) is 11.8. The number of amides is 1. The van der Waals surface area contributed by atoms with E-state index in [4.69, 9.17) is 0 Å². The molecule has 120 valence electrons. The van der Waals surface area contributed by atoms with Crippen molar-refractivity contribution in [1.82, 2.24) is 20.3 Å². The van der Waals surface area contributed by atoms with Crippen LogP contribution in [-0.2, 0) is 5.41 Å². The minimum Gasteiger partial charge on any atom is -0.350 e. The Hall–Kier alpha value is -2.95. The van der Waals surface area contributed by atoms with E-state index in [-0.39, 0.29) is 11.3 Å². The number of hydrogen-bond acceptors (Lipinski definition) is 3. The third kappa shape index (κ3) is 2.80. The number of nitrogens with zero attached hydrogens (tertiary/aromatic N) is 3. The van der Waals surface area contributed by atoms with Gasteiger partial charge in [-0.05, 0) is 30.5 Å². The topological polar surface area (TPSA) is 59.8 Å². The fourth-order valence-corrected chi connectivity index (χ4v) is 2.92. The standard InChI is InChI=1S/C19H18N4O/c24-18(17-13-23(22-21-17)16-9-5-2-6-10-16)20-14-19(11-12-19)15-7-3-1-4-8-15/h1-10,13H,11-12,14H2,(H,20,24). The second kappa shape index (κ2) is 5.92. The van der Waals surface area contributed by atoms with Crippen LogP contribution in [0.2, 0.25) is 0 Å². The smallest absolute Gasteiger partial charge is 0.273 e. The van der Waals surface area contributed by atoms with Crippen LogP contribution >= 0.6 is 0 Å². The molecule has 1 aromatic heterocycles. The summed E-state index contributed by atoms with van der Waals surface area (Å²) in [6, 6.07) is 20.0. The van der Waals surface area contributed by atoms with Gasteiger partial charge in [-0.2, -0.15) is 0 Å². The number of rotatable bonds is 5. The van der Waals surface area contributed by atoms with Crippen molar-refractivity contribution < 1.29 is 4.79 Å². The summed E-state index contributed by atoms with van der Waals surface area (Å²) in [6.07, 6.45) is 3.87. The van der Waals surface area contributed by atoms with Gasteiger partial charge in [0.2, 0.25) is 0 Å². The molecular formula is C19H18N4O. The number of aromatic nitrogens is 3. The van der Waals surface area contributed by atoms with E-state index in [2.05, 4.69) is 27.8 Å². The quantitative estimate of drug-likeness (QED) is 0.787. The van der Waals surface area contributed by atoms with E-state index in [0.717, 1.165) is 18.5 Å². The molecule has 1 N–H and O–H groups in total. The Labute approximate surface area is 140 Å². The van der Waals surface area contributed by atoms with Crippen LogP contribution in [0.25, 0.3) is 5.69 Å². The van der Waals surface area contributed by atoms with Crippen LogP contribution in [0.5, 0.6) is 0 Å². The van der Waals surface area contributed by atoms with E-state index in [1.165, 1.54) is 5.56 Å². The van der Waals surface area contributed by atoms with Crippen LogP contribution in [0.15, 0.2) is 66.9 Å². The van der Waals surface area contributed by atoms with E-state index in [9.17, 15) is 4.79 Å². The lowest BCUT2D eigenvalue weighted by Crippen LogP contribution is -2.32. The number of benzene rings is 2. The molecule has 0 atom stereocenters. The molecule has 0 radical (unpaired) electrons. The molecule has 4 rings (SSSR count). The van der Waals surface area contributed by atoms with Gasteiger partial charge >= 0.3 is 0 Å². The Morgan fingerprint density at radius 2 is 1.71 bits per heavy atom. The molecule has 1 saturated carbocycles. The van der Waals surface area contributed by atoms with Crippen LogP contribution in [-0.4, -0.2) is 27.4 Å². The van der Waals surface area contributed by atoms with Gasteiger partial charge in [-0.1, -0.05) is 53.7 Å². The first-order valence-electron chi connectivity index (χ1n) is 8.08. The zero-order valence-electron chi connectivity index (χ0n) is 13.2. The summed E-state index contributed by atoms with van der Waals surface area (Å²) < 4.78 is 1.61. The third-order valence-electron chi connectivity index (χ3n) is 4.57. The molecule has 0 bridgehead atoms. The molecule has 0 spiro atoms. The summed E-state index contributed by atoms with van der Waals surface area (Å²) >= 11 is 0. The van der Waals surface area contributed by atoms with Crippen molar-refractivity contribution in [1.29, 1.82) is 0 Å². The maximum Gasteiger partial charge on any atom is 0.273 e. The molecule has 0 aliphatic heterocycles. The average molecular weight is 318 g/mol. The van der Waals surface area contributed by atoms with Crippen molar-refractivity contribution in [3.8, 4) is 5.69 Å². The van der Waals surface area contributed by atoms with Gasteiger partial charge in [-0.15, -0.1) is 5.10 Å². The molecule has 1 fully saturated rings. The number of para-hydroxylation sites is 1. The highest BCUT2D eigenvalue weighted by atomic mass is 16.2. The zero-order chi connectivity index (χ0) is 16.4. The average Bonchev–Trinajstić information content (AvgIpc) is 3.28. The maximum atomic E-state index is 12.4. The molecule has 3 aromatic rings.